The van der Waals surface area contributed by atoms with E-state index in [0.29, 0.717) is 26.2 Å². The molecule has 162 valence electrons. The largest absolute Gasteiger partial charge is 0.444 e. The number of aromatic nitrogens is 1. The van der Waals surface area contributed by atoms with Gasteiger partial charge in [-0.25, -0.2) is 9.78 Å². The van der Waals surface area contributed by atoms with E-state index >= 15 is 0 Å². The van der Waals surface area contributed by atoms with Crippen LogP contribution in [0.2, 0.25) is 0 Å². The summed E-state index contributed by atoms with van der Waals surface area (Å²) in [4.78, 5) is 33.1. The zero-order chi connectivity index (χ0) is 22.1. The number of anilines is 1. The maximum absolute atomic E-state index is 12.4. The van der Waals surface area contributed by atoms with Crippen LogP contribution in [0.4, 0.5) is 10.6 Å². The predicted octanol–water partition coefficient (Wildman–Crippen LogP) is 3.80. The lowest BCUT2D eigenvalue weighted by molar-refractivity contribution is -0.129. The predicted molar refractivity (Wildman–Crippen MR) is 119 cm³/mol. The Morgan fingerprint density at radius 3 is 2.43 bits per heavy atom. The van der Waals surface area contributed by atoms with Gasteiger partial charge in [-0.1, -0.05) is 18.2 Å². The van der Waals surface area contributed by atoms with Gasteiger partial charge in [-0.05, 0) is 46.2 Å². The Labute approximate surface area is 178 Å². The number of nitrogens with zero attached hydrogens (tertiary/aromatic N) is 3. The summed E-state index contributed by atoms with van der Waals surface area (Å²) in [5, 5.41) is 3.98. The molecule has 1 aliphatic heterocycles. The molecule has 1 saturated heterocycles. The van der Waals surface area contributed by atoms with E-state index in [1.807, 2.05) is 44.7 Å². The fraction of sp³-hybridized carbons (Fsp3) is 0.522. The molecule has 0 bridgehead atoms. The van der Waals surface area contributed by atoms with Crippen LogP contribution in [0.15, 0.2) is 24.3 Å². The van der Waals surface area contributed by atoms with E-state index in [9.17, 15) is 9.59 Å². The third kappa shape index (κ3) is 5.01. The third-order valence-corrected chi connectivity index (χ3v) is 5.28. The molecule has 1 unspecified atom stereocenters. The molecule has 7 nitrogen and oxygen atoms in total. The number of hydrogen-bond acceptors (Lipinski definition) is 5. The van der Waals surface area contributed by atoms with Crippen molar-refractivity contribution < 1.29 is 14.3 Å². The lowest BCUT2D eigenvalue weighted by Gasteiger charge is -2.36. The molecule has 3 rings (SSSR count). The van der Waals surface area contributed by atoms with Gasteiger partial charge in [-0.3, -0.25) is 4.79 Å². The number of carbonyl (C=O) groups is 2. The molecule has 1 N–H and O–H groups in total. The number of nitrogens with one attached hydrogen (secondary N) is 1. The number of amides is 2. The van der Waals surface area contributed by atoms with Gasteiger partial charge in [0.05, 0.1) is 11.6 Å². The van der Waals surface area contributed by atoms with Crippen LogP contribution in [0.3, 0.4) is 0 Å². The number of alkyl carbamates (subject to hydrolysis) is 1. The Morgan fingerprint density at radius 2 is 1.83 bits per heavy atom. The minimum Gasteiger partial charge on any atom is -0.444 e. The van der Waals surface area contributed by atoms with Crippen LogP contribution in [0.5, 0.6) is 0 Å². The van der Waals surface area contributed by atoms with Crippen molar-refractivity contribution in [1.29, 1.82) is 0 Å². The minimum absolute atomic E-state index is 0.0946. The maximum atomic E-state index is 12.4. The SMILES string of the molecule is CC(=O)N1CCN(c2nc3c(C)cccc3cc2C(C)NC(=O)OC(C)(C)C)CC1. The minimum atomic E-state index is -0.561. The van der Waals surface area contributed by atoms with Crippen LogP contribution < -0.4 is 10.2 Å². The van der Waals surface area contributed by atoms with Crippen molar-refractivity contribution in [3.8, 4) is 0 Å². The first-order valence-corrected chi connectivity index (χ1v) is 10.5. The van der Waals surface area contributed by atoms with Gasteiger partial charge in [0.1, 0.15) is 11.4 Å². The highest BCUT2D eigenvalue weighted by Crippen LogP contribution is 2.30. The quantitative estimate of drug-likeness (QED) is 0.830. The van der Waals surface area contributed by atoms with Gasteiger partial charge in [0.2, 0.25) is 5.91 Å². The number of hydrogen-bond donors (Lipinski definition) is 1. The molecule has 0 saturated carbocycles. The molecule has 2 amide bonds. The summed E-state index contributed by atoms with van der Waals surface area (Å²) in [6.07, 6.45) is -0.452. The van der Waals surface area contributed by atoms with Crippen molar-refractivity contribution in [3.05, 3.63) is 35.4 Å². The van der Waals surface area contributed by atoms with Gasteiger partial charge in [0.15, 0.2) is 0 Å². The highest BCUT2D eigenvalue weighted by Gasteiger charge is 2.26. The molecule has 2 aromatic rings. The third-order valence-electron chi connectivity index (χ3n) is 5.28. The van der Waals surface area contributed by atoms with Crippen molar-refractivity contribution in [2.75, 3.05) is 31.1 Å². The van der Waals surface area contributed by atoms with Gasteiger partial charge >= 0.3 is 6.09 Å². The van der Waals surface area contributed by atoms with E-state index in [1.165, 1.54) is 0 Å². The van der Waals surface area contributed by atoms with Crippen LogP contribution in [0, 0.1) is 6.92 Å². The molecule has 0 spiro atoms. The number of benzene rings is 1. The smallest absolute Gasteiger partial charge is 0.408 e. The summed E-state index contributed by atoms with van der Waals surface area (Å²) in [6, 6.07) is 7.92. The van der Waals surface area contributed by atoms with Gasteiger partial charge in [-0.2, -0.15) is 0 Å². The lowest BCUT2D eigenvalue weighted by atomic mass is 10.0. The summed E-state index contributed by atoms with van der Waals surface area (Å²) >= 11 is 0. The van der Waals surface area contributed by atoms with Crippen molar-refractivity contribution in [1.82, 2.24) is 15.2 Å². The zero-order valence-corrected chi connectivity index (χ0v) is 18.8. The van der Waals surface area contributed by atoms with Gasteiger partial charge < -0.3 is 19.9 Å². The molecule has 1 aliphatic rings. The average molecular weight is 413 g/mol. The highest BCUT2D eigenvalue weighted by molar-refractivity contribution is 5.85. The molecular formula is C23H32N4O3. The second-order valence-electron chi connectivity index (χ2n) is 8.91. The van der Waals surface area contributed by atoms with E-state index in [-0.39, 0.29) is 11.9 Å². The van der Waals surface area contributed by atoms with Crippen LogP contribution in [-0.2, 0) is 9.53 Å². The second kappa shape index (κ2) is 8.50. The Bertz CT molecular complexity index is 943. The number of para-hydroxylation sites is 1. The molecule has 0 radical (unpaired) electrons. The normalized spacial score (nSPS) is 15.8. The van der Waals surface area contributed by atoms with E-state index < -0.39 is 11.7 Å². The van der Waals surface area contributed by atoms with Gasteiger partial charge in [0, 0.05) is 44.1 Å². The monoisotopic (exact) mass is 412 g/mol. The molecule has 2 heterocycles. The molecule has 1 atom stereocenters. The number of carbonyl (C=O) groups excluding carboxylic acids is 2. The molecule has 0 aliphatic carbocycles. The fourth-order valence-electron chi connectivity index (χ4n) is 3.72. The first-order chi connectivity index (χ1) is 14.0. The van der Waals surface area contributed by atoms with Crippen LogP contribution >= 0.6 is 0 Å². The molecule has 30 heavy (non-hydrogen) atoms. The summed E-state index contributed by atoms with van der Waals surface area (Å²) in [5.41, 5.74) is 2.44. The van der Waals surface area contributed by atoms with Crippen molar-refractivity contribution in [2.45, 2.75) is 53.2 Å². The van der Waals surface area contributed by atoms with Crippen molar-refractivity contribution >= 4 is 28.7 Å². The summed E-state index contributed by atoms with van der Waals surface area (Å²) in [6.45, 7) is 13.9. The fourth-order valence-corrected chi connectivity index (χ4v) is 3.72. The molecular weight excluding hydrogens is 380 g/mol. The number of ether oxygens (including phenoxy) is 1. The summed E-state index contributed by atoms with van der Waals surface area (Å²) in [5.74, 6) is 0.945. The molecule has 1 fully saturated rings. The number of piperazine rings is 1. The Balaban J connectivity index is 1.94. The lowest BCUT2D eigenvalue weighted by Crippen LogP contribution is -2.48. The van der Waals surface area contributed by atoms with Crippen LogP contribution in [0.25, 0.3) is 10.9 Å². The Morgan fingerprint density at radius 1 is 1.17 bits per heavy atom. The summed E-state index contributed by atoms with van der Waals surface area (Å²) in [7, 11) is 0. The van der Waals surface area contributed by atoms with Crippen LogP contribution in [-0.4, -0.2) is 53.7 Å². The van der Waals surface area contributed by atoms with Crippen molar-refractivity contribution in [3.63, 3.8) is 0 Å². The first kappa shape index (κ1) is 21.9. The number of fused-ring (bicyclic) bond motifs is 1. The van der Waals surface area contributed by atoms with E-state index in [4.69, 9.17) is 9.72 Å². The van der Waals surface area contributed by atoms with E-state index in [0.717, 1.165) is 27.8 Å². The van der Waals surface area contributed by atoms with Crippen LogP contribution in [0.1, 0.15) is 51.8 Å². The highest BCUT2D eigenvalue weighted by atomic mass is 16.6. The number of aryl methyl sites for hydroxylation is 1. The first-order valence-electron chi connectivity index (χ1n) is 10.5. The molecule has 1 aromatic heterocycles. The second-order valence-corrected chi connectivity index (χ2v) is 8.91. The number of pyridine rings is 1. The summed E-state index contributed by atoms with van der Waals surface area (Å²) < 4.78 is 5.43. The van der Waals surface area contributed by atoms with E-state index in [2.05, 4.69) is 29.3 Å². The van der Waals surface area contributed by atoms with Gasteiger partial charge in [0.25, 0.3) is 0 Å². The maximum Gasteiger partial charge on any atom is 0.408 e. The Kier molecular flexibility index (Phi) is 6.19. The van der Waals surface area contributed by atoms with E-state index in [1.54, 1.807) is 6.92 Å². The Hall–Kier alpha value is -2.83. The molecule has 1 aromatic carbocycles. The zero-order valence-electron chi connectivity index (χ0n) is 18.8. The number of rotatable bonds is 3. The van der Waals surface area contributed by atoms with Crippen molar-refractivity contribution in [2.24, 2.45) is 0 Å². The average Bonchev–Trinajstić information content (AvgIpc) is 2.66. The standard InChI is InChI=1S/C23H32N4O3/c1-15-8-7-9-18-14-19(16(2)24-22(29)30-23(4,5)6)21(25-20(15)18)27-12-10-26(11-13-27)17(3)28/h7-9,14,16H,10-13H2,1-6H3,(H,24,29). The van der Waals surface area contributed by atoms with Gasteiger partial charge in [-0.15, -0.1) is 0 Å². The molecule has 7 heteroatoms. The topological polar surface area (TPSA) is 74.8 Å².